The average Bonchev–Trinajstić information content (AvgIpc) is 2.12. The van der Waals surface area contributed by atoms with Gasteiger partial charge in [0.1, 0.15) is 12.6 Å². The van der Waals surface area contributed by atoms with Crippen LogP contribution in [0.25, 0.3) is 0 Å². The molecule has 0 unspecified atom stereocenters. The summed E-state index contributed by atoms with van der Waals surface area (Å²) in [5.41, 5.74) is -0.196. The summed E-state index contributed by atoms with van der Waals surface area (Å²) in [6.07, 6.45) is 3.93. The van der Waals surface area contributed by atoms with Crippen molar-refractivity contribution in [3.05, 3.63) is 0 Å². The first-order valence-corrected chi connectivity index (χ1v) is 7.32. The molecule has 0 spiro atoms. The molecule has 0 heterocycles. The van der Waals surface area contributed by atoms with Gasteiger partial charge in [0, 0.05) is 0 Å². The Morgan fingerprint density at radius 3 is 2.00 bits per heavy atom. The second-order valence-corrected chi connectivity index (χ2v) is 6.76. The van der Waals surface area contributed by atoms with E-state index in [1.165, 1.54) is 0 Å². The van der Waals surface area contributed by atoms with Crippen LogP contribution in [0.4, 0.5) is 0 Å². The van der Waals surface area contributed by atoms with E-state index < -0.39 is 5.97 Å². The molecule has 0 aliphatic heterocycles. The normalized spacial score (nSPS) is 14.4. The van der Waals surface area contributed by atoms with E-state index in [1.54, 1.807) is 0 Å². The second kappa shape index (κ2) is 7.85. The second-order valence-electron chi connectivity index (χ2n) is 6.76. The molecule has 1 atom stereocenters. The third-order valence-electron chi connectivity index (χ3n) is 3.16. The van der Waals surface area contributed by atoms with Crippen LogP contribution in [0.15, 0.2) is 0 Å². The molecule has 4 nitrogen and oxygen atoms in total. The van der Waals surface area contributed by atoms with Crippen LogP contribution in [0.3, 0.4) is 0 Å². The SMILES string of the molecule is CCCC(C)(CCC)O[C@H](CC(=O)O)C[N+](C)(C)C. The molecule has 0 saturated heterocycles. The molecule has 114 valence electrons. The van der Waals surface area contributed by atoms with Gasteiger partial charge in [-0.15, -0.1) is 0 Å². The van der Waals surface area contributed by atoms with Gasteiger partial charge in [0.2, 0.25) is 0 Å². The number of hydrogen-bond acceptors (Lipinski definition) is 2. The molecule has 0 aliphatic carbocycles. The van der Waals surface area contributed by atoms with Crippen LogP contribution in [-0.2, 0) is 9.53 Å². The van der Waals surface area contributed by atoms with E-state index in [2.05, 4.69) is 41.9 Å². The maximum atomic E-state index is 11.0. The van der Waals surface area contributed by atoms with Crippen molar-refractivity contribution in [2.24, 2.45) is 0 Å². The number of quaternary nitrogens is 1. The van der Waals surface area contributed by atoms with Crippen molar-refractivity contribution in [3.63, 3.8) is 0 Å². The van der Waals surface area contributed by atoms with Crippen LogP contribution in [0.5, 0.6) is 0 Å². The lowest BCUT2D eigenvalue weighted by Crippen LogP contribution is -2.46. The average molecular weight is 274 g/mol. The maximum Gasteiger partial charge on any atom is 0.306 e. The van der Waals surface area contributed by atoms with Gasteiger partial charge in [-0.25, -0.2) is 0 Å². The fourth-order valence-corrected chi connectivity index (χ4v) is 2.65. The van der Waals surface area contributed by atoms with Crippen molar-refractivity contribution in [1.29, 1.82) is 0 Å². The maximum absolute atomic E-state index is 11.0. The molecule has 0 amide bonds. The van der Waals surface area contributed by atoms with Crippen LogP contribution in [-0.4, -0.2) is 55.0 Å². The lowest BCUT2D eigenvalue weighted by Gasteiger charge is -2.36. The van der Waals surface area contributed by atoms with Gasteiger partial charge in [-0.05, 0) is 19.8 Å². The Hall–Kier alpha value is -0.610. The zero-order chi connectivity index (χ0) is 15.1. The smallest absolute Gasteiger partial charge is 0.306 e. The van der Waals surface area contributed by atoms with E-state index in [-0.39, 0.29) is 18.1 Å². The summed E-state index contributed by atoms with van der Waals surface area (Å²) in [5.74, 6) is -0.784. The highest BCUT2D eigenvalue weighted by atomic mass is 16.5. The monoisotopic (exact) mass is 274 g/mol. The van der Waals surface area contributed by atoms with E-state index in [0.29, 0.717) is 4.48 Å². The Kier molecular flexibility index (Phi) is 7.60. The van der Waals surface area contributed by atoms with Gasteiger partial charge < -0.3 is 14.3 Å². The van der Waals surface area contributed by atoms with Crippen molar-refractivity contribution in [1.82, 2.24) is 0 Å². The van der Waals surface area contributed by atoms with Crippen LogP contribution >= 0.6 is 0 Å². The largest absolute Gasteiger partial charge is 0.481 e. The molecule has 0 radical (unpaired) electrons. The first kappa shape index (κ1) is 18.4. The van der Waals surface area contributed by atoms with Gasteiger partial charge in [0.15, 0.2) is 0 Å². The Balaban J connectivity index is 4.78. The lowest BCUT2D eigenvalue weighted by molar-refractivity contribution is -0.873. The van der Waals surface area contributed by atoms with Gasteiger partial charge in [-0.1, -0.05) is 26.7 Å². The van der Waals surface area contributed by atoms with Gasteiger partial charge in [0.25, 0.3) is 0 Å². The van der Waals surface area contributed by atoms with Gasteiger partial charge in [-0.3, -0.25) is 4.79 Å². The number of carbonyl (C=O) groups is 1. The summed E-state index contributed by atoms with van der Waals surface area (Å²) >= 11 is 0. The quantitative estimate of drug-likeness (QED) is 0.623. The van der Waals surface area contributed by atoms with Crippen molar-refractivity contribution < 1.29 is 19.1 Å². The van der Waals surface area contributed by atoms with Crippen molar-refractivity contribution in [2.45, 2.75) is 64.6 Å². The number of likely N-dealkylation sites (N-methyl/N-ethyl adjacent to an activating group) is 1. The van der Waals surface area contributed by atoms with Gasteiger partial charge in [0.05, 0.1) is 33.2 Å². The van der Waals surface area contributed by atoms with Crippen LogP contribution in [0, 0.1) is 0 Å². The molecule has 4 heteroatoms. The minimum atomic E-state index is -0.784. The summed E-state index contributed by atoms with van der Waals surface area (Å²) in [4.78, 5) is 11.0. The fraction of sp³-hybridized carbons (Fsp3) is 0.933. The minimum Gasteiger partial charge on any atom is -0.481 e. The molecule has 0 bridgehead atoms. The molecular formula is C15H32NO3+. The molecule has 0 fully saturated rings. The van der Waals surface area contributed by atoms with Crippen molar-refractivity contribution in [3.8, 4) is 0 Å². The fourth-order valence-electron chi connectivity index (χ4n) is 2.65. The first-order valence-electron chi connectivity index (χ1n) is 7.32. The zero-order valence-electron chi connectivity index (χ0n) is 13.5. The molecule has 0 aliphatic rings. The number of carboxylic acid groups (broad SMARTS) is 1. The highest BCUT2D eigenvalue weighted by molar-refractivity contribution is 5.67. The predicted molar refractivity (Wildman–Crippen MR) is 78.2 cm³/mol. The van der Waals surface area contributed by atoms with Crippen LogP contribution in [0.2, 0.25) is 0 Å². The lowest BCUT2D eigenvalue weighted by atomic mass is 9.94. The van der Waals surface area contributed by atoms with E-state index >= 15 is 0 Å². The highest BCUT2D eigenvalue weighted by Gasteiger charge is 2.31. The van der Waals surface area contributed by atoms with E-state index in [4.69, 9.17) is 9.84 Å². The molecule has 0 aromatic rings. The summed E-state index contributed by atoms with van der Waals surface area (Å²) in [6.45, 7) is 7.12. The van der Waals surface area contributed by atoms with E-state index in [1.807, 2.05) is 0 Å². The number of carboxylic acids is 1. The Labute approximate surface area is 118 Å². The highest BCUT2D eigenvalue weighted by Crippen LogP contribution is 2.26. The van der Waals surface area contributed by atoms with E-state index in [0.717, 1.165) is 32.2 Å². The Morgan fingerprint density at radius 1 is 1.21 bits per heavy atom. The van der Waals surface area contributed by atoms with Crippen LogP contribution in [0.1, 0.15) is 52.9 Å². The predicted octanol–water partition coefficient (Wildman–Crippen LogP) is 2.91. The van der Waals surface area contributed by atoms with Crippen molar-refractivity contribution in [2.75, 3.05) is 27.7 Å². The summed E-state index contributed by atoms with van der Waals surface area (Å²) in [6, 6.07) is 0. The van der Waals surface area contributed by atoms with Crippen LogP contribution < -0.4 is 0 Å². The molecule has 0 aromatic carbocycles. The topological polar surface area (TPSA) is 46.5 Å². The molecule has 0 aromatic heterocycles. The molecular weight excluding hydrogens is 242 g/mol. The zero-order valence-corrected chi connectivity index (χ0v) is 13.5. The number of hydrogen-bond donors (Lipinski definition) is 1. The molecule has 0 rings (SSSR count). The molecule has 0 saturated carbocycles. The van der Waals surface area contributed by atoms with E-state index in [9.17, 15) is 4.79 Å². The summed E-state index contributed by atoms with van der Waals surface area (Å²) < 4.78 is 6.92. The molecule has 19 heavy (non-hydrogen) atoms. The molecule has 1 N–H and O–H groups in total. The third kappa shape index (κ3) is 9.00. The summed E-state index contributed by atoms with van der Waals surface area (Å²) in [5, 5.41) is 9.05. The third-order valence-corrected chi connectivity index (χ3v) is 3.16. The Morgan fingerprint density at radius 2 is 1.68 bits per heavy atom. The number of ether oxygens (including phenoxy) is 1. The number of nitrogens with zero attached hydrogens (tertiary/aromatic N) is 1. The number of rotatable bonds is 10. The van der Waals surface area contributed by atoms with Gasteiger partial charge >= 0.3 is 5.97 Å². The van der Waals surface area contributed by atoms with Gasteiger partial charge in [-0.2, -0.15) is 0 Å². The summed E-state index contributed by atoms with van der Waals surface area (Å²) in [7, 11) is 6.19. The number of aliphatic carboxylic acids is 1. The standard InChI is InChI=1S/C15H31NO3/c1-7-9-15(3,10-8-2)19-13(11-14(17)18)12-16(4,5)6/h13H,7-12H2,1-6H3/p+1/t13-/m1/s1. The Bertz CT molecular complexity index is 265. The first-order chi connectivity index (χ1) is 8.62. The van der Waals surface area contributed by atoms with Crippen molar-refractivity contribution >= 4 is 5.97 Å². The minimum absolute atomic E-state index is 0.0819.